The molecule has 1 heterocycles. The van der Waals surface area contributed by atoms with E-state index >= 15 is 0 Å². The maximum atomic E-state index is 9.75. The van der Waals surface area contributed by atoms with Crippen molar-refractivity contribution in [2.24, 2.45) is 0 Å². The Morgan fingerprint density at radius 3 is 2.50 bits per heavy atom. The first-order valence-electron chi connectivity index (χ1n) is 5.89. The molecule has 0 radical (unpaired) electrons. The van der Waals surface area contributed by atoms with Crippen LogP contribution in [0.5, 0.6) is 11.5 Å². The molecule has 5 heteroatoms. The normalized spacial score (nSPS) is 10.6. The highest BCUT2D eigenvalue weighted by Crippen LogP contribution is 2.33. The van der Waals surface area contributed by atoms with Crippen LogP contribution in [-0.4, -0.2) is 28.5 Å². The van der Waals surface area contributed by atoms with Crippen molar-refractivity contribution >= 4 is 5.82 Å². The van der Waals surface area contributed by atoms with Crippen LogP contribution in [0.15, 0.2) is 28.8 Å². The first-order valence-corrected chi connectivity index (χ1v) is 5.89. The largest absolute Gasteiger partial charge is 0.508 e. The first kappa shape index (κ1) is 12.3. The Bertz CT molecular complexity index is 533. The molecule has 0 unspecified atom stereocenters. The van der Waals surface area contributed by atoms with Crippen LogP contribution in [0.25, 0.3) is 11.3 Å². The number of rotatable bonds is 4. The third-order valence-corrected chi connectivity index (χ3v) is 2.83. The van der Waals surface area contributed by atoms with Gasteiger partial charge in [-0.15, -0.1) is 0 Å². The van der Waals surface area contributed by atoms with E-state index in [1.54, 1.807) is 12.1 Å². The molecular weight excluding hydrogens is 232 g/mol. The van der Waals surface area contributed by atoms with E-state index in [-0.39, 0.29) is 11.5 Å². The first-order chi connectivity index (χ1) is 8.65. The summed E-state index contributed by atoms with van der Waals surface area (Å²) in [6, 6.07) is 6.14. The summed E-state index contributed by atoms with van der Waals surface area (Å²) in [4.78, 5) is 2.05. The maximum Gasteiger partial charge on any atom is 0.172 e. The predicted molar refractivity (Wildman–Crippen MR) is 68.8 cm³/mol. The molecule has 1 aromatic heterocycles. The van der Waals surface area contributed by atoms with Gasteiger partial charge in [0.25, 0.3) is 0 Å². The zero-order chi connectivity index (χ0) is 13.1. The molecule has 0 aliphatic carbocycles. The standard InChI is InChI=1S/C13H16N2O3/c1-3-15(4-2)13-8-12(18-14-13)10-6-5-9(16)7-11(10)17/h5-8,16-17H,3-4H2,1-2H3. The molecule has 2 N–H and O–H groups in total. The second kappa shape index (κ2) is 5.00. The third-order valence-electron chi connectivity index (χ3n) is 2.83. The number of aromatic hydroxyl groups is 2. The number of benzene rings is 1. The van der Waals surface area contributed by atoms with Crippen molar-refractivity contribution in [3.8, 4) is 22.8 Å². The van der Waals surface area contributed by atoms with Crippen LogP contribution in [0.2, 0.25) is 0 Å². The SMILES string of the molecule is CCN(CC)c1cc(-c2ccc(O)cc2O)on1. The van der Waals surface area contributed by atoms with Gasteiger partial charge in [0.2, 0.25) is 0 Å². The molecule has 0 saturated heterocycles. The molecule has 2 aromatic rings. The molecular formula is C13H16N2O3. The van der Waals surface area contributed by atoms with E-state index < -0.39 is 0 Å². The summed E-state index contributed by atoms with van der Waals surface area (Å²) in [7, 11) is 0. The Labute approximate surface area is 105 Å². The minimum atomic E-state index is -0.0303. The molecule has 2 rings (SSSR count). The number of hydrogen-bond acceptors (Lipinski definition) is 5. The Kier molecular flexibility index (Phi) is 3.41. The van der Waals surface area contributed by atoms with Crippen LogP contribution in [0.4, 0.5) is 5.82 Å². The smallest absolute Gasteiger partial charge is 0.172 e. The van der Waals surface area contributed by atoms with Crippen LogP contribution in [0, 0.1) is 0 Å². The third kappa shape index (κ3) is 2.25. The van der Waals surface area contributed by atoms with Gasteiger partial charge in [-0.3, -0.25) is 0 Å². The van der Waals surface area contributed by atoms with E-state index in [0.29, 0.717) is 11.3 Å². The Morgan fingerprint density at radius 2 is 1.89 bits per heavy atom. The van der Waals surface area contributed by atoms with Crippen LogP contribution < -0.4 is 4.90 Å². The molecule has 96 valence electrons. The molecule has 18 heavy (non-hydrogen) atoms. The summed E-state index contributed by atoms with van der Waals surface area (Å²) in [6.07, 6.45) is 0. The monoisotopic (exact) mass is 248 g/mol. The summed E-state index contributed by atoms with van der Waals surface area (Å²) in [5.41, 5.74) is 0.513. The molecule has 5 nitrogen and oxygen atoms in total. The molecule has 0 amide bonds. The molecule has 0 aliphatic rings. The molecule has 0 spiro atoms. The van der Waals surface area contributed by atoms with Gasteiger partial charge in [0.05, 0.1) is 5.56 Å². The number of aromatic nitrogens is 1. The van der Waals surface area contributed by atoms with Crippen molar-refractivity contribution in [2.75, 3.05) is 18.0 Å². The second-order valence-corrected chi connectivity index (χ2v) is 3.92. The minimum absolute atomic E-state index is 0.0136. The van der Waals surface area contributed by atoms with E-state index in [2.05, 4.69) is 5.16 Å². The quantitative estimate of drug-likeness (QED) is 0.870. The van der Waals surface area contributed by atoms with E-state index in [9.17, 15) is 10.2 Å². The lowest BCUT2D eigenvalue weighted by Crippen LogP contribution is -2.21. The van der Waals surface area contributed by atoms with E-state index in [1.807, 2.05) is 18.7 Å². The van der Waals surface area contributed by atoms with E-state index in [4.69, 9.17) is 4.52 Å². The lowest BCUT2D eigenvalue weighted by Gasteiger charge is -2.15. The fourth-order valence-electron chi connectivity index (χ4n) is 1.82. The number of phenols is 2. The van der Waals surface area contributed by atoms with Gasteiger partial charge in [0.15, 0.2) is 11.6 Å². The van der Waals surface area contributed by atoms with Gasteiger partial charge >= 0.3 is 0 Å². The summed E-state index contributed by atoms with van der Waals surface area (Å²) in [5.74, 6) is 1.20. The van der Waals surface area contributed by atoms with Gasteiger partial charge in [-0.25, -0.2) is 0 Å². The lowest BCUT2D eigenvalue weighted by molar-refractivity contribution is 0.423. The predicted octanol–water partition coefficient (Wildman–Crippen LogP) is 2.60. The van der Waals surface area contributed by atoms with Gasteiger partial charge in [0.1, 0.15) is 11.5 Å². The second-order valence-electron chi connectivity index (χ2n) is 3.92. The van der Waals surface area contributed by atoms with E-state index in [0.717, 1.165) is 18.9 Å². The fourth-order valence-corrected chi connectivity index (χ4v) is 1.82. The maximum absolute atomic E-state index is 9.75. The van der Waals surface area contributed by atoms with Gasteiger partial charge in [0, 0.05) is 25.2 Å². The lowest BCUT2D eigenvalue weighted by atomic mass is 10.1. The van der Waals surface area contributed by atoms with Crippen LogP contribution in [0.3, 0.4) is 0 Å². The molecule has 0 atom stereocenters. The Morgan fingerprint density at radius 1 is 1.17 bits per heavy atom. The van der Waals surface area contributed by atoms with Crippen molar-refractivity contribution in [3.05, 3.63) is 24.3 Å². The molecule has 0 fully saturated rings. The topological polar surface area (TPSA) is 69.7 Å². The summed E-state index contributed by atoms with van der Waals surface area (Å²) < 4.78 is 5.22. The van der Waals surface area contributed by atoms with Gasteiger partial charge < -0.3 is 19.6 Å². The van der Waals surface area contributed by atoms with Crippen LogP contribution >= 0.6 is 0 Å². The molecule has 0 bridgehead atoms. The average molecular weight is 248 g/mol. The van der Waals surface area contributed by atoms with Crippen molar-refractivity contribution in [1.29, 1.82) is 0 Å². The highest BCUT2D eigenvalue weighted by molar-refractivity contribution is 5.68. The van der Waals surface area contributed by atoms with Crippen molar-refractivity contribution in [1.82, 2.24) is 5.16 Å². The number of nitrogens with zero attached hydrogens (tertiary/aromatic N) is 2. The summed E-state index contributed by atoms with van der Waals surface area (Å²) in [5, 5.41) is 23.0. The van der Waals surface area contributed by atoms with E-state index in [1.165, 1.54) is 12.1 Å². The highest BCUT2D eigenvalue weighted by atomic mass is 16.5. The highest BCUT2D eigenvalue weighted by Gasteiger charge is 2.13. The fraction of sp³-hybridized carbons (Fsp3) is 0.308. The van der Waals surface area contributed by atoms with Gasteiger partial charge in [-0.05, 0) is 26.0 Å². The number of anilines is 1. The van der Waals surface area contributed by atoms with Gasteiger partial charge in [-0.2, -0.15) is 0 Å². The summed E-state index contributed by atoms with van der Waals surface area (Å²) >= 11 is 0. The summed E-state index contributed by atoms with van der Waals surface area (Å²) in [6.45, 7) is 5.75. The number of phenolic OH excluding ortho intramolecular Hbond substituents is 2. The van der Waals surface area contributed by atoms with Crippen molar-refractivity contribution in [3.63, 3.8) is 0 Å². The van der Waals surface area contributed by atoms with Crippen LogP contribution in [-0.2, 0) is 0 Å². The average Bonchev–Trinajstić information content (AvgIpc) is 2.80. The molecule has 1 aromatic carbocycles. The van der Waals surface area contributed by atoms with Crippen LogP contribution in [0.1, 0.15) is 13.8 Å². The minimum Gasteiger partial charge on any atom is -0.508 e. The zero-order valence-corrected chi connectivity index (χ0v) is 10.4. The Balaban J connectivity index is 2.34. The molecule has 0 saturated carbocycles. The number of hydrogen-bond donors (Lipinski definition) is 2. The Hall–Kier alpha value is -2.17. The van der Waals surface area contributed by atoms with Crippen molar-refractivity contribution in [2.45, 2.75) is 13.8 Å². The zero-order valence-electron chi connectivity index (χ0n) is 10.4. The van der Waals surface area contributed by atoms with Crippen molar-refractivity contribution < 1.29 is 14.7 Å². The van der Waals surface area contributed by atoms with Gasteiger partial charge in [-0.1, -0.05) is 5.16 Å². The molecule has 0 aliphatic heterocycles.